The van der Waals surface area contributed by atoms with Crippen molar-refractivity contribution in [3.63, 3.8) is 0 Å². The molecule has 0 spiro atoms. The second-order valence-electron chi connectivity index (χ2n) is 4.50. The summed E-state index contributed by atoms with van der Waals surface area (Å²) in [6.45, 7) is 3.99. The topological polar surface area (TPSA) is 71.1 Å². The maximum Gasteiger partial charge on any atom is 0.263 e. The summed E-state index contributed by atoms with van der Waals surface area (Å²) in [5, 5.41) is 5.99. The second-order valence-corrected chi connectivity index (χ2v) is 5.50. The summed E-state index contributed by atoms with van der Waals surface area (Å²) in [4.78, 5) is 28.2. The average Bonchev–Trinajstić information content (AvgIpc) is 2.86. The van der Waals surface area contributed by atoms with Gasteiger partial charge in [-0.2, -0.15) is 0 Å². The van der Waals surface area contributed by atoms with E-state index < -0.39 is 0 Å². The highest BCUT2D eigenvalue weighted by Gasteiger charge is 2.15. The zero-order valence-electron chi connectivity index (χ0n) is 12.0. The minimum Gasteiger partial charge on any atom is -0.347 e. The van der Waals surface area contributed by atoms with Gasteiger partial charge in [0, 0.05) is 13.0 Å². The molecule has 0 saturated heterocycles. The molecule has 0 aliphatic rings. The lowest BCUT2D eigenvalue weighted by Crippen LogP contribution is -2.22. The van der Waals surface area contributed by atoms with E-state index in [1.807, 2.05) is 30.3 Å². The molecule has 21 heavy (non-hydrogen) atoms. The van der Waals surface area contributed by atoms with Crippen LogP contribution in [0.2, 0.25) is 0 Å². The minimum atomic E-state index is -0.175. The second kappa shape index (κ2) is 6.99. The third-order valence-electron chi connectivity index (χ3n) is 2.87. The Balaban J connectivity index is 2.00. The number of benzene rings is 1. The van der Waals surface area contributed by atoms with Crippen LogP contribution in [-0.2, 0) is 11.3 Å². The van der Waals surface area contributed by atoms with Gasteiger partial charge in [-0.3, -0.25) is 9.59 Å². The van der Waals surface area contributed by atoms with Gasteiger partial charge in [0.15, 0.2) is 5.13 Å². The van der Waals surface area contributed by atoms with Gasteiger partial charge in [-0.05, 0) is 12.5 Å². The number of carbonyl (C=O) groups excluding carboxylic acids is 2. The molecule has 0 atom stereocenters. The van der Waals surface area contributed by atoms with Gasteiger partial charge in [-0.25, -0.2) is 4.98 Å². The highest BCUT2D eigenvalue weighted by atomic mass is 32.1. The average molecular weight is 303 g/mol. The Morgan fingerprint density at radius 1 is 1.24 bits per heavy atom. The van der Waals surface area contributed by atoms with Crippen LogP contribution >= 0.6 is 11.3 Å². The van der Waals surface area contributed by atoms with Gasteiger partial charge in [0.25, 0.3) is 5.91 Å². The van der Waals surface area contributed by atoms with Crippen LogP contribution in [0.4, 0.5) is 5.13 Å². The molecule has 6 heteroatoms. The number of hydrogen-bond donors (Lipinski definition) is 2. The largest absolute Gasteiger partial charge is 0.347 e. The molecule has 0 unspecified atom stereocenters. The SMILES string of the molecule is CCC(=O)Nc1nc(C)c(C(=O)NCc2ccccc2)s1. The fraction of sp³-hybridized carbons (Fsp3) is 0.267. The van der Waals surface area contributed by atoms with Crippen molar-refractivity contribution in [2.75, 3.05) is 5.32 Å². The fourth-order valence-corrected chi connectivity index (χ4v) is 2.63. The van der Waals surface area contributed by atoms with Crippen LogP contribution in [-0.4, -0.2) is 16.8 Å². The number of carbonyl (C=O) groups is 2. The maximum atomic E-state index is 12.2. The quantitative estimate of drug-likeness (QED) is 0.892. The zero-order chi connectivity index (χ0) is 15.2. The summed E-state index contributed by atoms with van der Waals surface area (Å²) < 4.78 is 0. The van der Waals surface area contributed by atoms with Gasteiger partial charge >= 0.3 is 0 Å². The molecule has 2 rings (SSSR count). The summed E-state index contributed by atoms with van der Waals surface area (Å²) in [5.41, 5.74) is 1.66. The van der Waals surface area contributed by atoms with Gasteiger partial charge in [0.2, 0.25) is 5.91 Å². The Labute approximate surface area is 127 Å². The van der Waals surface area contributed by atoms with Crippen molar-refractivity contribution in [2.24, 2.45) is 0 Å². The molecule has 0 fully saturated rings. The van der Waals surface area contributed by atoms with Crippen LogP contribution in [0.1, 0.15) is 34.3 Å². The van der Waals surface area contributed by atoms with E-state index in [2.05, 4.69) is 15.6 Å². The molecule has 2 N–H and O–H groups in total. The van der Waals surface area contributed by atoms with Crippen LogP contribution in [0, 0.1) is 6.92 Å². The highest BCUT2D eigenvalue weighted by molar-refractivity contribution is 7.17. The van der Waals surface area contributed by atoms with Crippen molar-refractivity contribution >= 4 is 28.3 Å². The van der Waals surface area contributed by atoms with E-state index in [4.69, 9.17) is 0 Å². The monoisotopic (exact) mass is 303 g/mol. The van der Waals surface area contributed by atoms with Crippen molar-refractivity contribution in [1.29, 1.82) is 0 Å². The molecule has 1 aromatic carbocycles. The molecular formula is C15H17N3O2S. The Bertz CT molecular complexity index is 638. The number of hydrogen-bond acceptors (Lipinski definition) is 4. The Kier molecular flexibility index (Phi) is 5.05. The van der Waals surface area contributed by atoms with Crippen molar-refractivity contribution in [1.82, 2.24) is 10.3 Å². The summed E-state index contributed by atoms with van der Waals surface area (Å²) in [7, 11) is 0. The van der Waals surface area contributed by atoms with Gasteiger partial charge in [0.1, 0.15) is 4.88 Å². The zero-order valence-corrected chi connectivity index (χ0v) is 12.8. The summed E-state index contributed by atoms with van der Waals surface area (Å²) >= 11 is 1.19. The van der Waals surface area contributed by atoms with Gasteiger partial charge in [-0.15, -0.1) is 0 Å². The molecule has 0 aliphatic heterocycles. The molecule has 1 heterocycles. The Hall–Kier alpha value is -2.21. The predicted molar refractivity (Wildman–Crippen MR) is 83.4 cm³/mol. The molecule has 1 aromatic heterocycles. The van der Waals surface area contributed by atoms with E-state index in [0.29, 0.717) is 28.7 Å². The highest BCUT2D eigenvalue weighted by Crippen LogP contribution is 2.22. The summed E-state index contributed by atoms with van der Waals surface area (Å²) in [6, 6.07) is 9.69. The first-order valence-electron chi connectivity index (χ1n) is 6.69. The standard InChI is InChI=1S/C15H17N3O2S/c1-3-12(19)18-15-17-10(2)13(21-15)14(20)16-9-11-7-5-4-6-8-11/h4-8H,3,9H2,1-2H3,(H,16,20)(H,17,18,19). The number of aryl methyl sites for hydroxylation is 1. The van der Waals surface area contributed by atoms with Crippen LogP contribution in [0.5, 0.6) is 0 Å². The number of anilines is 1. The molecule has 0 aliphatic carbocycles. The van der Waals surface area contributed by atoms with Crippen LogP contribution in [0.3, 0.4) is 0 Å². The number of nitrogens with zero attached hydrogens (tertiary/aromatic N) is 1. The van der Waals surface area contributed by atoms with Crippen molar-refractivity contribution in [3.8, 4) is 0 Å². The lowest BCUT2D eigenvalue weighted by atomic mass is 10.2. The Morgan fingerprint density at radius 2 is 1.95 bits per heavy atom. The van der Waals surface area contributed by atoms with Gasteiger partial charge in [-0.1, -0.05) is 48.6 Å². The molecular weight excluding hydrogens is 286 g/mol. The van der Waals surface area contributed by atoms with Crippen molar-refractivity contribution < 1.29 is 9.59 Å². The van der Waals surface area contributed by atoms with Crippen LogP contribution in [0.15, 0.2) is 30.3 Å². The number of nitrogens with one attached hydrogen (secondary N) is 2. The molecule has 5 nitrogen and oxygen atoms in total. The molecule has 2 aromatic rings. The fourth-order valence-electron chi connectivity index (χ4n) is 1.73. The van der Waals surface area contributed by atoms with Gasteiger partial charge in [0.05, 0.1) is 5.69 Å². The van der Waals surface area contributed by atoms with E-state index in [1.54, 1.807) is 13.8 Å². The number of amides is 2. The minimum absolute atomic E-state index is 0.111. The van der Waals surface area contributed by atoms with Gasteiger partial charge < -0.3 is 10.6 Å². The first-order valence-corrected chi connectivity index (χ1v) is 7.51. The molecule has 0 saturated carbocycles. The number of rotatable bonds is 5. The molecule has 2 amide bonds. The van der Waals surface area contributed by atoms with E-state index in [9.17, 15) is 9.59 Å². The van der Waals surface area contributed by atoms with Crippen LogP contribution < -0.4 is 10.6 Å². The summed E-state index contributed by atoms with van der Waals surface area (Å²) in [5.74, 6) is -0.286. The number of thiazole rings is 1. The maximum absolute atomic E-state index is 12.2. The molecule has 110 valence electrons. The van der Waals surface area contributed by atoms with E-state index in [-0.39, 0.29) is 11.8 Å². The smallest absolute Gasteiger partial charge is 0.263 e. The van der Waals surface area contributed by atoms with Crippen molar-refractivity contribution in [3.05, 3.63) is 46.5 Å². The first-order chi connectivity index (χ1) is 10.1. The third kappa shape index (κ3) is 4.13. The van der Waals surface area contributed by atoms with Crippen LogP contribution in [0.25, 0.3) is 0 Å². The first kappa shape index (κ1) is 15.2. The normalized spacial score (nSPS) is 10.2. The Morgan fingerprint density at radius 3 is 2.62 bits per heavy atom. The lowest BCUT2D eigenvalue weighted by Gasteiger charge is -2.03. The molecule has 0 bridgehead atoms. The third-order valence-corrected chi connectivity index (χ3v) is 3.94. The van der Waals surface area contributed by atoms with E-state index >= 15 is 0 Å². The predicted octanol–water partition coefficient (Wildman–Crippen LogP) is 2.73. The van der Waals surface area contributed by atoms with Crippen molar-refractivity contribution in [2.45, 2.75) is 26.8 Å². The molecule has 0 radical (unpaired) electrons. The lowest BCUT2D eigenvalue weighted by molar-refractivity contribution is -0.115. The number of aromatic nitrogens is 1. The van der Waals surface area contributed by atoms with E-state index in [1.165, 1.54) is 11.3 Å². The summed E-state index contributed by atoms with van der Waals surface area (Å²) in [6.07, 6.45) is 0.383. The van der Waals surface area contributed by atoms with E-state index in [0.717, 1.165) is 5.56 Å².